The minimum absolute atomic E-state index is 0.0554. The van der Waals surface area contributed by atoms with Crippen LogP contribution < -0.4 is 9.75 Å². The van der Waals surface area contributed by atoms with Gasteiger partial charge in [0.15, 0.2) is 11.5 Å². The average Bonchev–Trinajstić information content (AvgIpc) is 2.94. The fourth-order valence-corrected chi connectivity index (χ4v) is 3.36. The number of aromatic hydroxyl groups is 1. The van der Waals surface area contributed by atoms with E-state index in [1.807, 2.05) is 29.5 Å². The Morgan fingerprint density at radius 3 is 2.75 bits per heavy atom. The molecular formula is C20H17IN2O5. The van der Waals surface area contributed by atoms with Crippen LogP contribution >= 0.6 is 22.6 Å². The molecule has 2 aromatic carbocycles. The summed E-state index contributed by atoms with van der Waals surface area (Å²) in [6, 6.07) is 9.43. The molecule has 0 bridgehead atoms. The van der Waals surface area contributed by atoms with Gasteiger partial charge in [0, 0.05) is 0 Å². The van der Waals surface area contributed by atoms with Crippen LogP contribution in [0.15, 0.2) is 47.1 Å². The van der Waals surface area contributed by atoms with Gasteiger partial charge in [0.1, 0.15) is 0 Å². The van der Waals surface area contributed by atoms with Crippen molar-refractivity contribution >= 4 is 51.9 Å². The molecule has 1 amide bonds. The van der Waals surface area contributed by atoms with Gasteiger partial charge in [0.25, 0.3) is 5.91 Å². The van der Waals surface area contributed by atoms with E-state index in [-0.39, 0.29) is 17.2 Å². The quantitative estimate of drug-likeness (QED) is 0.488. The number of hydrogen-bond acceptors (Lipinski definition) is 5. The molecule has 144 valence electrons. The Hall–Kier alpha value is -2.88. The largest absolute Gasteiger partial charge is 0.504 e. The molecular weight excluding hydrogens is 475 g/mol. The molecule has 3 rings (SSSR count). The van der Waals surface area contributed by atoms with Crippen LogP contribution in [0, 0.1) is 3.57 Å². The van der Waals surface area contributed by atoms with Gasteiger partial charge in [-0.2, -0.15) is 10.1 Å². The smallest absolute Gasteiger partial charge is 0.335 e. The van der Waals surface area contributed by atoms with Crippen molar-refractivity contribution in [2.24, 2.45) is 5.10 Å². The number of carboxylic acids is 1. The van der Waals surface area contributed by atoms with Crippen LogP contribution in [0.25, 0.3) is 6.08 Å². The molecule has 1 heterocycles. The molecule has 0 fully saturated rings. The van der Waals surface area contributed by atoms with Gasteiger partial charge in [-0.15, -0.1) is 0 Å². The summed E-state index contributed by atoms with van der Waals surface area (Å²) in [7, 11) is 0. The molecule has 1 aliphatic rings. The number of anilines is 1. The topological polar surface area (TPSA) is 99.4 Å². The lowest BCUT2D eigenvalue weighted by atomic mass is 10.1. The van der Waals surface area contributed by atoms with Gasteiger partial charge in [-0.1, -0.05) is 6.07 Å². The van der Waals surface area contributed by atoms with E-state index in [4.69, 9.17) is 9.84 Å². The monoisotopic (exact) mass is 492 g/mol. The first-order chi connectivity index (χ1) is 13.3. The zero-order chi connectivity index (χ0) is 20.4. The van der Waals surface area contributed by atoms with E-state index < -0.39 is 5.97 Å². The van der Waals surface area contributed by atoms with Gasteiger partial charge in [-0.3, -0.25) is 4.79 Å². The summed E-state index contributed by atoms with van der Waals surface area (Å²) in [6.45, 7) is 3.92. The number of carbonyl (C=O) groups is 2. The fourth-order valence-electron chi connectivity index (χ4n) is 2.74. The normalized spacial score (nSPS) is 15.1. The number of rotatable bonds is 5. The van der Waals surface area contributed by atoms with Crippen LogP contribution in [0.1, 0.15) is 29.8 Å². The molecule has 0 aromatic heterocycles. The number of ether oxygens (including phenoxy) is 1. The van der Waals surface area contributed by atoms with E-state index in [0.717, 1.165) is 0 Å². The molecule has 0 unspecified atom stereocenters. The molecule has 1 aliphatic heterocycles. The number of nitrogens with zero attached hydrogens (tertiary/aromatic N) is 2. The van der Waals surface area contributed by atoms with Gasteiger partial charge in [0.2, 0.25) is 0 Å². The summed E-state index contributed by atoms with van der Waals surface area (Å²) in [5, 5.41) is 24.7. The number of hydrazone groups is 1. The van der Waals surface area contributed by atoms with Gasteiger partial charge in [-0.25, -0.2) is 4.79 Å². The lowest BCUT2D eigenvalue weighted by Crippen LogP contribution is -2.21. The number of carbonyl (C=O) groups excluding carboxylic acids is 1. The summed E-state index contributed by atoms with van der Waals surface area (Å²) in [5.74, 6) is -1.04. The molecule has 8 heteroatoms. The first-order valence-corrected chi connectivity index (χ1v) is 9.50. The molecule has 0 aliphatic carbocycles. The van der Waals surface area contributed by atoms with Crippen LogP contribution in [0.3, 0.4) is 0 Å². The Morgan fingerprint density at radius 2 is 2.07 bits per heavy atom. The number of phenolic OH excluding ortho intramolecular Hbond substituents is 1. The van der Waals surface area contributed by atoms with Crippen molar-refractivity contribution in [3.05, 3.63) is 56.7 Å². The molecule has 2 N–H and O–H groups in total. The Kier molecular flexibility index (Phi) is 5.68. The van der Waals surface area contributed by atoms with Crippen molar-refractivity contribution in [2.45, 2.75) is 13.8 Å². The van der Waals surface area contributed by atoms with E-state index in [1.165, 1.54) is 17.1 Å². The molecule has 28 heavy (non-hydrogen) atoms. The van der Waals surface area contributed by atoms with Gasteiger partial charge < -0.3 is 14.9 Å². The van der Waals surface area contributed by atoms with Crippen LogP contribution in [0.4, 0.5) is 5.69 Å². The highest BCUT2D eigenvalue weighted by Crippen LogP contribution is 2.34. The predicted octanol–water partition coefficient (Wildman–Crippen LogP) is 3.90. The number of phenols is 1. The second kappa shape index (κ2) is 8.01. The van der Waals surface area contributed by atoms with E-state index in [9.17, 15) is 14.7 Å². The third kappa shape index (κ3) is 3.86. The lowest BCUT2D eigenvalue weighted by Gasteiger charge is -2.12. The molecule has 7 nitrogen and oxygen atoms in total. The summed E-state index contributed by atoms with van der Waals surface area (Å²) < 4.78 is 6.04. The fraction of sp³-hybridized carbons (Fsp3) is 0.150. The number of amides is 1. The summed E-state index contributed by atoms with van der Waals surface area (Å²) in [4.78, 5) is 24.1. The Labute approximate surface area is 175 Å². The number of hydrogen-bond donors (Lipinski definition) is 2. The van der Waals surface area contributed by atoms with Crippen LogP contribution in [-0.4, -0.2) is 34.4 Å². The highest BCUT2D eigenvalue weighted by Gasteiger charge is 2.29. The van der Waals surface area contributed by atoms with E-state index >= 15 is 0 Å². The third-order valence-corrected chi connectivity index (χ3v) is 4.88. The van der Waals surface area contributed by atoms with Crippen molar-refractivity contribution < 1.29 is 24.5 Å². The number of halogens is 1. The zero-order valence-electron chi connectivity index (χ0n) is 15.1. The van der Waals surface area contributed by atoms with Crippen LogP contribution in [0.2, 0.25) is 0 Å². The van der Waals surface area contributed by atoms with Crippen molar-refractivity contribution in [2.75, 3.05) is 11.6 Å². The van der Waals surface area contributed by atoms with Crippen molar-refractivity contribution in [1.82, 2.24) is 0 Å². The lowest BCUT2D eigenvalue weighted by molar-refractivity contribution is -0.114. The van der Waals surface area contributed by atoms with Crippen LogP contribution in [-0.2, 0) is 4.79 Å². The molecule has 0 saturated carbocycles. The maximum Gasteiger partial charge on any atom is 0.335 e. The third-order valence-electron chi connectivity index (χ3n) is 4.06. The zero-order valence-corrected chi connectivity index (χ0v) is 17.3. The van der Waals surface area contributed by atoms with Gasteiger partial charge in [0.05, 0.1) is 32.7 Å². The summed E-state index contributed by atoms with van der Waals surface area (Å²) in [6.07, 6.45) is 1.67. The second-order valence-corrected chi connectivity index (χ2v) is 7.16. The SMILES string of the molecule is CCOc1cc(C=C2C(=O)N(c3cccc(C(=O)O)c3)N=C2C)cc(I)c1O. The minimum Gasteiger partial charge on any atom is -0.504 e. The van der Waals surface area contributed by atoms with Crippen molar-refractivity contribution in [3.8, 4) is 11.5 Å². The maximum atomic E-state index is 12.9. The Balaban J connectivity index is 1.97. The molecule has 2 aromatic rings. The molecule has 0 spiro atoms. The van der Waals surface area contributed by atoms with E-state index in [0.29, 0.717) is 38.5 Å². The van der Waals surface area contributed by atoms with Crippen molar-refractivity contribution in [1.29, 1.82) is 0 Å². The predicted molar refractivity (Wildman–Crippen MR) is 114 cm³/mol. The molecule has 0 atom stereocenters. The number of benzene rings is 2. The van der Waals surface area contributed by atoms with E-state index in [2.05, 4.69) is 5.10 Å². The molecule has 0 radical (unpaired) electrons. The average molecular weight is 492 g/mol. The molecule has 0 saturated heterocycles. The standard InChI is InChI=1S/C20H17IN2O5/c1-3-28-17-9-12(8-16(21)18(17)24)7-15-11(2)22-23(19(15)25)14-6-4-5-13(10-14)20(26)27/h4-10,24H,3H2,1-2H3,(H,26,27). The number of carboxylic acid groups (broad SMARTS) is 1. The van der Waals surface area contributed by atoms with Gasteiger partial charge in [-0.05, 0) is 78.4 Å². The van der Waals surface area contributed by atoms with Crippen LogP contribution in [0.5, 0.6) is 11.5 Å². The highest BCUT2D eigenvalue weighted by atomic mass is 127. The Morgan fingerprint density at radius 1 is 1.32 bits per heavy atom. The first-order valence-electron chi connectivity index (χ1n) is 8.42. The van der Waals surface area contributed by atoms with E-state index in [1.54, 1.807) is 37.3 Å². The number of aromatic carboxylic acids is 1. The minimum atomic E-state index is -1.08. The second-order valence-electron chi connectivity index (χ2n) is 6.00. The maximum absolute atomic E-state index is 12.9. The summed E-state index contributed by atoms with van der Waals surface area (Å²) in [5.41, 5.74) is 2.02. The highest BCUT2D eigenvalue weighted by molar-refractivity contribution is 14.1. The summed E-state index contributed by atoms with van der Waals surface area (Å²) >= 11 is 2.00. The Bertz CT molecular complexity index is 1030. The van der Waals surface area contributed by atoms with Gasteiger partial charge >= 0.3 is 5.97 Å². The van der Waals surface area contributed by atoms with Crippen molar-refractivity contribution in [3.63, 3.8) is 0 Å². The first kappa shape index (κ1) is 19.9.